The predicted molar refractivity (Wildman–Crippen MR) is 244 cm³/mol. The Bertz CT molecular complexity index is 3090. The molecular weight excluding hydrogens is 721 g/mol. The minimum atomic E-state index is -0.0139. The highest BCUT2D eigenvalue weighted by atomic mass is 32.1. The summed E-state index contributed by atoms with van der Waals surface area (Å²) >= 11 is 1.74. The van der Waals surface area contributed by atoms with Gasteiger partial charge in [0.2, 0.25) is 0 Å². The van der Waals surface area contributed by atoms with Crippen molar-refractivity contribution in [1.82, 2.24) is 9.97 Å². The molecule has 3 aliphatic carbocycles. The van der Waals surface area contributed by atoms with E-state index in [4.69, 9.17) is 9.97 Å². The highest BCUT2D eigenvalue weighted by Crippen LogP contribution is 2.60. The van der Waals surface area contributed by atoms with Crippen molar-refractivity contribution in [3.8, 4) is 67.2 Å². The Labute approximate surface area is 343 Å². The number of hydrogen-bond donors (Lipinski definition) is 0. The minimum Gasteiger partial charge on any atom is -0.227 e. The molecule has 2 aromatic heterocycles. The summed E-state index contributed by atoms with van der Waals surface area (Å²) < 4.78 is 1.23. The third kappa shape index (κ3) is 4.96. The molecule has 0 N–H and O–H groups in total. The van der Waals surface area contributed by atoms with Gasteiger partial charge in [0, 0.05) is 37.4 Å². The molecule has 0 radical (unpaired) electrons. The van der Waals surface area contributed by atoms with Gasteiger partial charge in [-0.3, -0.25) is 0 Å². The summed E-state index contributed by atoms with van der Waals surface area (Å²) in [7, 11) is 0. The molecule has 0 unspecified atom stereocenters. The SMILES string of the molecule is CC1(C)c2ccccc2-c2cc3c(cc21)-c1cc(-c2ccc(-c4ccc(-c5nc(-c6ccccc6)c6c(n5)sc5ccccc56)cc4)cc2)ccc1C31CCCCC1. The number of thiophene rings is 1. The van der Waals surface area contributed by atoms with E-state index >= 15 is 0 Å². The molecular formula is C55H42N2S. The summed E-state index contributed by atoms with van der Waals surface area (Å²) in [6, 6.07) is 58.6. The zero-order valence-electron chi connectivity index (χ0n) is 32.8. The lowest BCUT2D eigenvalue weighted by molar-refractivity contribution is 0.353. The van der Waals surface area contributed by atoms with Gasteiger partial charge < -0.3 is 0 Å². The van der Waals surface area contributed by atoms with E-state index in [2.05, 4.69) is 172 Å². The lowest BCUT2D eigenvalue weighted by Gasteiger charge is -2.36. The molecule has 0 amide bonds. The molecule has 2 heterocycles. The van der Waals surface area contributed by atoms with Crippen LogP contribution in [-0.4, -0.2) is 9.97 Å². The van der Waals surface area contributed by atoms with Crippen molar-refractivity contribution in [1.29, 1.82) is 0 Å². The standard InChI is InChI=1S/C55H42N2S/c1-54(2)45-17-9-7-15-40(45)43-33-48-44(32-47(43)54)42-31-39(27-28-46(42)55(48)29-11-4-12-30-55)36-21-19-34(20-22-36)35-23-25-38(26-24-35)52-56-51(37-13-5-3-6-14-37)50-41-16-8-10-18-49(41)58-53(50)57-52/h3,5-10,13-28,31-33H,4,11-12,29-30H2,1-2H3. The third-order valence-corrected chi connectivity index (χ3v) is 14.8. The van der Waals surface area contributed by atoms with Gasteiger partial charge in [0.1, 0.15) is 4.83 Å². The fourth-order valence-corrected chi connectivity index (χ4v) is 11.9. The zero-order valence-corrected chi connectivity index (χ0v) is 33.7. The Morgan fingerprint density at radius 3 is 1.83 bits per heavy atom. The van der Waals surface area contributed by atoms with Gasteiger partial charge in [0.05, 0.1) is 5.69 Å². The lowest BCUT2D eigenvalue weighted by atomic mass is 9.67. The van der Waals surface area contributed by atoms with Crippen LogP contribution in [0.25, 0.3) is 87.5 Å². The van der Waals surface area contributed by atoms with Crippen molar-refractivity contribution >= 4 is 31.6 Å². The van der Waals surface area contributed by atoms with E-state index in [0.29, 0.717) is 0 Å². The third-order valence-electron chi connectivity index (χ3n) is 13.8. The van der Waals surface area contributed by atoms with Gasteiger partial charge in [-0.1, -0.05) is 167 Å². The van der Waals surface area contributed by atoms with E-state index in [9.17, 15) is 0 Å². The summed E-state index contributed by atoms with van der Waals surface area (Å²) in [5, 5.41) is 2.34. The van der Waals surface area contributed by atoms with Gasteiger partial charge in [-0.15, -0.1) is 11.3 Å². The smallest absolute Gasteiger partial charge is 0.161 e. The summed E-state index contributed by atoms with van der Waals surface area (Å²) in [5.41, 5.74) is 19.9. The molecule has 0 atom stereocenters. The van der Waals surface area contributed by atoms with E-state index in [1.54, 1.807) is 22.5 Å². The molecule has 58 heavy (non-hydrogen) atoms. The molecule has 3 heteroatoms. The first-order chi connectivity index (χ1) is 28.5. The average Bonchev–Trinajstić information content (AvgIpc) is 3.86. The van der Waals surface area contributed by atoms with Crippen molar-refractivity contribution in [3.05, 3.63) is 180 Å². The molecule has 1 spiro atoms. The number of hydrogen-bond acceptors (Lipinski definition) is 3. The van der Waals surface area contributed by atoms with Crippen LogP contribution < -0.4 is 0 Å². The van der Waals surface area contributed by atoms with Crippen LogP contribution in [0, 0.1) is 0 Å². The summed E-state index contributed by atoms with van der Waals surface area (Å²) in [6.45, 7) is 4.81. The van der Waals surface area contributed by atoms with Gasteiger partial charge in [0.15, 0.2) is 5.82 Å². The monoisotopic (exact) mass is 762 g/mol. The first-order valence-corrected chi connectivity index (χ1v) is 21.7. The van der Waals surface area contributed by atoms with Crippen LogP contribution in [0.1, 0.15) is 68.2 Å². The van der Waals surface area contributed by atoms with Gasteiger partial charge in [-0.2, -0.15) is 0 Å². The number of aromatic nitrogens is 2. The van der Waals surface area contributed by atoms with Crippen molar-refractivity contribution < 1.29 is 0 Å². The highest BCUT2D eigenvalue weighted by Gasteiger charge is 2.46. The van der Waals surface area contributed by atoms with Gasteiger partial charge in [-0.25, -0.2) is 9.97 Å². The zero-order chi connectivity index (χ0) is 38.6. The summed E-state index contributed by atoms with van der Waals surface area (Å²) in [6.07, 6.45) is 6.41. The molecule has 278 valence electrons. The number of nitrogens with zero attached hydrogens (tertiary/aromatic N) is 2. The van der Waals surface area contributed by atoms with Crippen molar-refractivity contribution in [2.24, 2.45) is 0 Å². The van der Waals surface area contributed by atoms with E-state index < -0.39 is 0 Å². The molecule has 0 saturated heterocycles. The molecule has 7 aromatic carbocycles. The first-order valence-electron chi connectivity index (χ1n) is 20.9. The molecule has 2 nitrogen and oxygen atoms in total. The van der Waals surface area contributed by atoms with Gasteiger partial charge >= 0.3 is 0 Å². The van der Waals surface area contributed by atoms with Crippen LogP contribution in [0.15, 0.2) is 158 Å². The molecule has 3 aliphatic rings. The Kier molecular flexibility index (Phi) is 7.41. The Morgan fingerprint density at radius 1 is 0.448 bits per heavy atom. The quantitative estimate of drug-likeness (QED) is 0.178. The molecule has 12 rings (SSSR count). The maximum absolute atomic E-state index is 5.21. The van der Waals surface area contributed by atoms with E-state index in [1.165, 1.54) is 97.8 Å². The minimum absolute atomic E-state index is 0.0139. The molecule has 9 aromatic rings. The molecule has 1 fully saturated rings. The fraction of sp³-hybridized carbons (Fsp3) is 0.164. The van der Waals surface area contributed by atoms with Crippen molar-refractivity contribution in [2.75, 3.05) is 0 Å². The van der Waals surface area contributed by atoms with Crippen LogP contribution in [0.2, 0.25) is 0 Å². The van der Waals surface area contributed by atoms with Crippen molar-refractivity contribution in [3.63, 3.8) is 0 Å². The van der Waals surface area contributed by atoms with Crippen LogP contribution in [-0.2, 0) is 10.8 Å². The maximum atomic E-state index is 5.21. The number of rotatable bonds is 4. The van der Waals surface area contributed by atoms with Gasteiger partial charge in [0.25, 0.3) is 0 Å². The van der Waals surface area contributed by atoms with Crippen LogP contribution >= 0.6 is 11.3 Å². The average molecular weight is 763 g/mol. The topological polar surface area (TPSA) is 25.8 Å². The lowest BCUT2D eigenvalue weighted by Crippen LogP contribution is -2.28. The first kappa shape index (κ1) is 33.9. The molecule has 0 aliphatic heterocycles. The molecule has 0 bridgehead atoms. The number of benzene rings is 7. The van der Waals surface area contributed by atoms with Gasteiger partial charge in [-0.05, 0) is 104 Å². The fourth-order valence-electron chi connectivity index (χ4n) is 10.8. The van der Waals surface area contributed by atoms with Crippen molar-refractivity contribution in [2.45, 2.75) is 56.8 Å². The van der Waals surface area contributed by atoms with Crippen LogP contribution in [0.3, 0.4) is 0 Å². The maximum Gasteiger partial charge on any atom is 0.161 e. The predicted octanol–water partition coefficient (Wildman–Crippen LogP) is 15.0. The molecule has 1 saturated carbocycles. The second-order valence-corrected chi connectivity index (χ2v) is 18.2. The Hall–Kier alpha value is -6.16. The Balaban J connectivity index is 0.884. The Morgan fingerprint density at radius 2 is 1.05 bits per heavy atom. The second-order valence-electron chi connectivity index (χ2n) is 17.2. The van der Waals surface area contributed by atoms with Crippen LogP contribution in [0.4, 0.5) is 0 Å². The van der Waals surface area contributed by atoms with Crippen LogP contribution in [0.5, 0.6) is 0 Å². The normalized spacial score (nSPS) is 15.7. The largest absolute Gasteiger partial charge is 0.227 e. The highest BCUT2D eigenvalue weighted by molar-refractivity contribution is 7.25. The number of fused-ring (bicyclic) bond motifs is 11. The summed E-state index contributed by atoms with van der Waals surface area (Å²) in [4.78, 5) is 11.4. The van der Waals surface area contributed by atoms with E-state index in [0.717, 1.165) is 32.9 Å². The second kappa shape index (κ2) is 12.7. The van der Waals surface area contributed by atoms with E-state index in [-0.39, 0.29) is 10.8 Å². The summed E-state index contributed by atoms with van der Waals surface area (Å²) in [5.74, 6) is 0.756. The van der Waals surface area contributed by atoms with E-state index in [1.807, 2.05) is 0 Å².